The highest BCUT2D eigenvalue weighted by Gasteiger charge is 2.16. The number of aromatic nitrogens is 5. The first-order valence-electron chi connectivity index (χ1n) is 8.67. The van der Waals surface area contributed by atoms with Gasteiger partial charge in [0.15, 0.2) is 5.82 Å². The first kappa shape index (κ1) is 17.9. The number of nitrogens with zero attached hydrogens (tertiary/aromatic N) is 5. The lowest BCUT2D eigenvalue weighted by atomic mass is 10.2. The maximum Gasteiger partial charge on any atom is 0.296 e. The molecule has 1 amide bonds. The van der Waals surface area contributed by atoms with Crippen LogP contribution in [0.3, 0.4) is 0 Å². The minimum absolute atomic E-state index is 0.0741. The third kappa shape index (κ3) is 3.94. The van der Waals surface area contributed by atoms with Crippen molar-refractivity contribution >= 4 is 23.3 Å². The second-order valence-corrected chi connectivity index (χ2v) is 6.65. The fourth-order valence-electron chi connectivity index (χ4n) is 2.77. The summed E-state index contributed by atoms with van der Waals surface area (Å²) in [5, 5.41) is 12.0. The van der Waals surface area contributed by atoms with Gasteiger partial charge in [0.1, 0.15) is 5.82 Å². The highest BCUT2D eigenvalue weighted by Crippen LogP contribution is 2.15. The second kappa shape index (κ2) is 7.66. The molecular formula is C20H17ClN6O. The number of hydrogen-bond donors (Lipinski definition) is 1. The van der Waals surface area contributed by atoms with E-state index in [2.05, 4.69) is 20.5 Å². The monoisotopic (exact) mass is 392 g/mol. The van der Waals surface area contributed by atoms with Crippen molar-refractivity contribution in [1.82, 2.24) is 24.5 Å². The standard InChI is InChI=1S/C20H17ClN6O/c1-14-22-19(25-27(14)17-9-7-16(21)8-10-17)20(28)23-18-11-12-26(24-18)13-15-5-3-2-4-6-15/h2-12H,13H2,1H3,(H,23,24,28). The van der Waals surface area contributed by atoms with Crippen LogP contribution < -0.4 is 5.32 Å². The Bertz CT molecular complexity index is 1100. The maximum absolute atomic E-state index is 12.5. The molecule has 4 rings (SSSR count). The van der Waals surface area contributed by atoms with Gasteiger partial charge in [-0.1, -0.05) is 41.9 Å². The number of halogens is 1. The molecule has 0 aliphatic carbocycles. The van der Waals surface area contributed by atoms with E-state index in [-0.39, 0.29) is 5.82 Å². The van der Waals surface area contributed by atoms with Crippen LogP contribution in [0.4, 0.5) is 5.82 Å². The number of rotatable bonds is 5. The van der Waals surface area contributed by atoms with Gasteiger partial charge in [0.25, 0.3) is 5.91 Å². The number of hydrogen-bond acceptors (Lipinski definition) is 4. The third-order valence-corrected chi connectivity index (χ3v) is 4.36. The van der Waals surface area contributed by atoms with Crippen LogP contribution in [0.25, 0.3) is 5.69 Å². The van der Waals surface area contributed by atoms with Crippen LogP contribution in [-0.2, 0) is 6.54 Å². The van der Waals surface area contributed by atoms with Gasteiger partial charge in [0.2, 0.25) is 5.82 Å². The molecule has 7 nitrogen and oxygen atoms in total. The minimum atomic E-state index is -0.416. The first-order chi connectivity index (χ1) is 13.6. The molecule has 0 atom stereocenters. The predicted octanol–water partition coefficient (Wildman–Crippen LogP) is 3.73. The summed E-state index contributed by atoms with van der Waals surface area (Å²) in [7, 11) is 0. The van der Waals surface area contributed by atoms with Gasteiger partial charge in [-0.2, -0.15) is 5.10 Å². The van der Waals surface area contributed by atoms with Gasteiger partial charge < -0.3 is 5.32 Å². The Morgan fingerprint density at radius 1 is 1.04 bits per heavy atom. The third-order valence-electron chi connectivity index (χ3n) is 4.11. The summed E-state index contributed by atoms with van der Waals surface area (Å²) in [4.78, 5) is 16.8. The Labute approximate surface area is 166 Å². The van der Waals surface area contributed by atoms with Crippen molar-refractivity contribution in [3.63, 3.8) is 0 Å². The molecule has 4 aromatic rings. The Morgan fingerprint density at radius 2 is 1.79 bits per heavy atom. The Kier molecular flexibility index (Phi) is 4.90. The van der Waals surface area contributed by atoms with Crippen LogP contribution in [0, 0.1) is 6.92 Å². The van der Waals surface area contributed by atoms with E-state index < -0.39 is 5.91 Å². The van der Waals surface area contributed by atoms with Crippen molar-refractivity contribution < 1.29 is 4.79 Å². The molecule has 0 aliphatic heterocycles. The topological polar surface area (TPSA) is 77.6 Å². The molecular weight excluding hydrogens is 376 g/mol. The molecule has 0 radical (unpaired) electrons. The van der Waals surface area contributed by atoms with E-state index in [1.165, 1.54) is 0 Å². The van der Waals surface area contributed by atoms with Gasteiger partial charge in [0, 0.05) is 17.3 Å². The number of aryl methyl sites for hydroxylation is 1. The lowest BCUT2D eigenvalue weighted by molar-refractivity contribution is 0.101. The summed E-state index contributed by atoms with van der Waals surface area (Å²) in [5.74, 6) is 0.703. The molecule has 0 saturated carbocycles. The number of carbonyl (C=O) groups is 1. The normalized spacial score (nSPS) is 10.8. The minimum Gasteiger partial charge on any atom is -0.302 e. The van der Waals surface area contributed by atoms with E-state index in [1.54, 1.807) is 34.5 Å². The summed E-state index contributed by atoms with van der Waals surface area (Å²) in [6, 6.07) is 18.9. The molecule has 1 N–H and O–H groups in total. The molecule has 0 bridgehead atoms. The fraction of sp³-hybridized carbons (Fsp3) is 0.100. The van der Waals surface area contributed by atoms with Crippen molar-refractivity contribution in [2.45, 2.75) is 13.5 Å². The summed E-state index contributed by atoms with van der Waals surface area (Å²) < 4.78 is 3.36. The van der Waals surface area contributed by atoms with E-state index in [9.17, 15) is 4.79 Å². The highest BCUT2D eigenvalue weighted by atomic mass is 35.5. The van der Waals surface area contributed by atoms with E-state index in [1.807, 2.05) is 48.7 Å². The van der Waals surface area contributed by atoms with Crippen molar-refractivity contribution in [2.24, 2.45) is 0 Å². The van der Waals surface area contributed by atoms with Crippen LogP contribution in [0.1, 0.15) is 22.0 Å². The molecule has 0 spiro atoms. The van der Waals surface area contributed by atoms with E-state index >= 15 is 0 Å². The number of benzene rings is 2. The molecule has 0 saturated heterocycles. The second-order valence-electron chi connectivity index (χ2n) is 6.21. The molecule has 140 valence electrons. The largest absolute Gasteiger partial charge is 0.302 e. The summed E-state index contributed by atoms with van der Waals surface area (Å²) in [6.45, 7) is 2.41. The molecule has 0 aliphatic rings. The Morgan fingerprint density at radius 3 is 2.54 bits per heavy atom. The van der Waals surface area contributed by atoms with Crippen molar-refractivity contribution in [2.75, 3.05) is 5.32 Å². The molecule has 8 heteroatoms. The first-order valence-corrected chi connectivity index (χ1v) is 9.04. The van der Waals surface area contributed by atoms with E-state index in [4.69, 9.17) is 11.6 Å². The summed E-state index contributed by atoms with van der Waals surface area (Å²) in [6.07, 6.45) is 1.81. The molecule has 0 unspecified atom stereocenters. The molecule has 2 aromatic carbocycles. The van der Waals surface area contributed by atoms with Crippen LogP contribution in [-0.4, -0.2) is 30.5 Å². The average molecular weight is 393 g/mol. The van der Waals surface area contributed by atoms with Gasteiger partial charge in [-0.05, 0) is 36.8 Å². The molecule has 2 heterocycles. The number of nitrogens with one attached hydrogen (secondary N) is 1. The number of amides is 1. The lowest BCUT2D eigenvalue weighted by Crippen LogP contribution is -2.15. The van der Waals surface area contributed by atoms with E-state index in [0.29, 0.717) is 23.2 Å². The predicted molar refractivity (Wildman–Crippen MR) is 107 cm³/mol. The number of anilines is 1. The van der Waals surface area contributed by atoms with Crippen molar-refractivity contribution in [3.05, 3.63) is 89.1 Å². The zero-order valence-electron chi connectivity index (χ0n) is 15.1. The van der Waals surface area contributed by atoms with Crippen molar-refractivity contribution in [1.29, 1.82) is 0 Å². The SMILES string of the molecule is Cc1nc(C(=O)Nc2ccn(Cc3ccccc3)n2)nn1-c1ccc(Cl)cc1. The van der Waals surface area contributed by atoms with Gasteiger partial charge >= 0.3 is 0 Å². The average Bonchev–Trinajstić information content (AvgIpc) is 3.30. The molecule has 28 heavy (non-hydrogen) atoms. The van der Waals surface area contributed by atoms with Crippen LogP contribution in [0.2, 0.25) is 5.02 Å². The Hall–Kier alpha value is -3.45. The summed E-state index contributed by atoms with van der Waals surface area (Å²) in [5.41, 5.74) is 1.91. The number of carbonyl (C=O) groups excluding carboxylic acids is 1. The zero-order chi connectivity index (χ0) is 19.5. The van der Waals surface area contributed by atoms with E-state index in [0.717, 1.165) is 11.3 Å². The highest BCUT2D eigenvalue weighted by molar-refractivity contribution is 6.30. The Balaban J connectivity index is 1.47. The quantitative estimate of drug-likeness (QED) is 0.561. The molecule has 2 aromatic heterocycles. The lowest BCUT2D eigenvalue weighted by Gasteiger charge is -2.02. The van der Waals surface area contributed by atoms with Crippen LogP contribution in [0.15, 0.2) is 66.9 Å². The van der Waals surface area contributed by atoms with Crippen molar-refractivity contribution in [3.8, 4) is 5.69 Å². The zero-order valence-corrected chi connectivity index (χ0v) is 15.8. The smallest absolute Gasteiger partial charge is 0.296 e. The maximum atomic E-state index is 12.5. The van der Waals surface area contributed by atoms with Gasteiger partial charge in [-0.3, -0.25) is 9.48 Å². The fourth-order valence-corrected chi connectivity index (χ4v) is 2.90. The van der Waals surface area contributed by atoms with Crippen LogP contribution >= 0.6 is 11.6 Å². The van der Waals surface area contributed by atoms with Gasteiger partial charge in [-0.15, -0.1) is 5.10 Å². The van der Waals surface area contributed by atoms with Gasteiger partial charge in [0.05, 0.1) is 12.2 Å². The molecule has 0 fully saturated rings. The van der Waals surface area contributed by atoms with Gasteiger partial charge in [-0.25, -0.2) is 9.67 Å². The summed E-state index contributed by atoms with van der Waals surface area (Å²) >= 11 is 5.92. The van der Waals surface area contributed by atoms with Crippen LogP contribution in [0.5, 0.6) is 0 Å².